The maximum Gasteiger partial charge on any atom is 0.137 e. The van der Waals surface area contributed by atoms with Crippen LogP contribution in [0.5, 0.6) is 0 Å². The summed E-state index contributed by atoms with van der Waals surface area (Å²) in [5, 5.41) is 2.27. The SMILES string of the molecule is Cc1ccccc1-c1cc(N(c2ccc3c(c2)oc2ccccc23)c2c3c(c(C(C)(C)C)c4c2C(C)(C)c2ccccc2-4)-c2ccccc2C3(C)C)ccc1C. The lowest BCUT2D eigenvalue weighted by Crippen LogP contribution is -2.27. The molecule has 0 unspecified atom stereocenters. The number of anilines is 3. The monoisotopic (exact) mass is 727 g/mol. The number of furan rings is 1. The van der Waals surface area contributed by atoms with E-state index in [2.05, 4.69) is 201 Å². The van der Waals surface area contributed by atoms with E-state index in [-0.39, 0.29) is 16.2 Å². The Labute approximate surface area is 331 Å². The first-order chi connectivity index (χ1) is 26.8. The molecule has 2 aliphatic rings. The molecule has 7 aromatic carbocycles. The van der Waals surface area contributed by atoms with Gasteiger partial charge in [0.25, 0.3) is 0 Å². The van der Waals surface area contributed by atoms with E-state index < -0.39 is 0 Å². The standard InChI is InChI=1S/C54H49NO/c1-32-18-10-11-19-36(32)41-30-34(27-26-33(41)2)55(35-28-29-38-37-20-14-17-25-44(37)56-45(38)31-35)51-49-46(39-21-12-15-23-42(39)53(49,6)7)48(52(3,4)5)47-40-22-13-16-24-43(40)54(8,9)50(47)51/h10-31H,1-9H3. The molecule has 10 rings (SSSR count). The summed E-state index contributed by atoms with van der Waals surface area (Å²) in [6.45, 7) is 21.5. The fraction of sp³-hybridized carbons (Fsp3) is 0.222. The number of hydrogen-bond donors (Lipinski definition) is 0. The smallest absolute Gasteiger partial charge is 0.137 e. The van der Waals surface area contributed by atoms with Crippen molar-refractivity contribution in [3.8, 4) is 33.4 Å². The van der Waals surface area contributed by atoms with E-state index in [1.807, 2.05) is 0 Å². The van der Waals surface area contributed by atoms with Crippen molar-refractivity contribution in [2.24, 2.45) is 0 Å². The predicted octanol–water partition coefficient (Wildman–Crippen LogP) is 15.2. The number of aryl methyl sites for hydroxylation is 2. The molecule has 0 saturated carbocycles. The fourth-order valence-electron chi connectivity index (χ4n) is 10.4. The highest BCUT2D eigenvalue weighted by molar-refractivity contribution is 6.08. The quantitative estimate of drug-likeness (QED) is 0.179. The number of para-hydroxylation sites is 1. The molecule has 0 bridgehead atoms. The highest BCUT2D eigenvalue weighted by atomic mass is 16.3. The van der Waals surface area contributed by atoms with Gasteiger partial charge in [0.15, 0.2) is 0 Å². The summed E-state index contributed by atoms with van der Waals surface area (Å²) in [6.07, 6.45) is 0. The van der Waals surface area contributed by atoms with Gasteiger partial charge >= 0.3 is 0 Å². The van der Waals surface area contributed by atoms with Crippen molar-refractivity contribution >= 4 is 39.0 Å². The molecule has 0 saturated heterocycles. The number of hydrogen-bond acceptors (Lipinski definition) is 2. The summed E-state index contributed by atoms with van der Waals surface area (Å²) in [4.78, 5) is 2.60. The Balaban J connectivity index is 1.40. The van der Waals surface area contributed by atoms with Crippen LogP contribution in [0.25, 0.3) is 55.3 Å². The van der Waals surface area contributed by atoms with E-state index >= 15 is 0 Å². The zero-order valence-electron chi connectivity index (χ0n) is 34.1. The van der Waals surface area contributed by atoms with Gasteiger partial charge in [-0.2, -0.15) is 0 Å². The van der Waals surface area contributed by atoms with E-state index in [1.165, 1.54) is 78.0 Å². The normalized spacial score (nSPS) is 14.8. The average molecular weight is 728 g/mol. The van der Waals surface area contributed by atoms with Gasteiger partial charge in [0.2, 0.25) is 0 Å². The summed E-state index contributed by atoms with van der Waals surface area (Å²) in [7, 11) is 0. The minimum atomic E-state index is -0.285. The van der Waals surface area contributed by atoms with Gasteiger partial charge in [-0.3, -0.25) is 0 Å². The Morgan fingerprint density at radius 2 is 0.982 bits per heavy atom. The predicted molar refractivity (Wildman–Crippen MR) is 237 cm³/mol. The zero-order valence-corrected chi connectivity index (χ0v) is 34.1. The molecular weight excluding hydrogens is 679 g/mol. The maximum absolute atomic E-state index is 6.65. The minimum Gasteiger partial charge on any atom is -0.456 e. The van der Waals surface area contributed by atoms with Gasteiger partial charge in [-0.15, -0.1) is 0 Å². The third-order valence-corrected chi connectivity index (χ3v) is 13.0. The van der Waals surface area contributed by atoms with Gasteiger partial charge in [0.1, 0.15) is 11.2 Å². The summed E-state index contributed by atoms with van der Waals surface area (Å²) < 4.78 is 6.65. The molecule has 56 heavy (non-hydrogen) atoms. The van der Waals surface area contributed by atoms with Gasteiger partial charge in [-0.25, -0.2) is 0 Å². The molecule has 1 heterocycles. The molecule has 2 nitrogen and oxygen atoms in total. The lowest BCUT2D eigenvalue weighted by molar-refractivity contribution is 0.587. The summed E-state index contributed by atoms with van der Waals surface area (Å²) >= 11 is 0. The number of rotatable bonds is 4. The number of benzene rings is 7. The van der Waals surface area contributed by atoms with Crippen molar-refractivity contribution in [2.45, 2.75) is 78.6 Å². The largest absolute Gasteiger partial charge is 0.456 e. The van der Waals surface area contributed by atoms with Crippen molar-refractivity contribution in [1.82, 2.24) is 0 Å². The summed E-state index contributed by atoms with van der Waals surface area (Å²) in [6, 6.07) is 49.5. The molecular formula is C54H49NO. The van der Waals surface area contributed by atoms with E-state index in [0.29, 0.717) is 0 Å². The molecule has 0 radical (unpaired) electrons. The van der Waals surface area contributed by atoms with Crippen molar-refractivity contribution in [1.29, 1.82) is 0 Å². The van der Waals surface area contributed by atoms with Gasteiger partial charge in [0.05, 0.1) is 5.69 Å². The van der Waals surface area contributed by atoms with Crippen LogP contribution in [0.2, 0.25) is 0 Å². The van der Waals surface area contributed by atoms with Crippen LogP contribution in [0, 0.1) is 13.8 Å². The van der Waals surface area contributed by atoms with Crippen LogP contribution in [0.15, 0.2) is 138 Å². The Morgan fingerprint density at radius 1 is 0.482 bits per heavy atom. The van der Waals surface area contributed by atoms with E-state index in [9.17, 15) is 0 Å². The molecule has 2 aliphatic carbocycles. The summed E-state index contributed by atoms with van der Waals surface area (Å²) in [5.74, 6) is 0. The molecule has 0 atom stereocenters. The second-order valence-corrected chi connectivity index (χ2v) is 18.2. The van der Waals surface area contributed by atoms with Crippen LogP contribution in [0.4, 0.5) is 17.1 Å². The van der Waals surface area contributed by atoms with Gasteiger partial charge in [-0.05, 0) is 122 Å². The lowest BCUT2D eigenvalue weighted by Gasteiger charge is -2.39. The fourth-order valence-corrected chi connectivity index (χ4v) is 10.4. The van der Waals surface area contributed by atoms with Gasteiger partial charge in [0, 0.05) is 39.0 Å². The molecule has 0 aliphatic heterocycles. The molecule has 0 fully saturated rings. The minimum absolute atomic E-state index is 0.131. The summed E-state index contributed by atoms with van der Waals surface area (Å²) in [5.41, 5.74) is 22.1. The Hall–Kier alpha value is -5.86. The number of fused-ring (bicyclic) bond motifs is 9. The Morgan fingerprint density at radius 3 is 1.61 bits per heavy atom. The van der Waals surface area contributed by atoms with E-state index in [0.717, 1.165) is 33.3 Å². The first kappa shape index (κ1) is 34.6. The third kappa shape index (κ3) is 4.75. The van der Waals surface area contributed by atoms with Gasteiger partial charge in [-0.1, -0.05) is 146 Å². The van der Waals surface area contributed by atoms with Crippen LogP contribution >= 0.6 is 0 Å². The topological polar surface area (TPSA) is 16.4 Å². The van der Waals surface area contributed by atoms with Crippen molar-refractivity contribution in [2.75, 3.05) is 4.90 Å². The highest BCUT2D eigenvalue weighted by Gasteiger charge is 2.50. The number of nitrogens with zero attached hydrogens (tertiary/aromatic N) is 1. The van der Waals surface area contributed by atoms with Crippen LogP contribution in [-0.4, -0.2) is 0 Å². The zero-order chi connectivity index (χ0) is 38.9. The van der Waals surface area contributed by atoms with Crippen LogP contribution < -0.4 is 4.90 Å². The van der Waals surface area contributed by atoms with Gasteiger partial charge < -0.3 is 9.32 Å². The lowest BCUT2D eigenvalue weighted by atomic mass is 9.70. The van der Waals surface area contributed by atoms with Crippen molar-refractivity contribution in [3.05, 3.63) is 172 Å². The molecule has 0 spiro atoms. The van der Waals surface area contributed by atoms with Crippen LogP contribution in [0.3, 0.4) is 0 Å². The second kappa shape index (κ2) is 11.8. The Kier molecular flexibility index (Phi) is 7.31. The molecule has 8 aromatic rings. The molecule has 1 aromatic heterocycles. The Bertz CT molecular complexity index is 2840. The van der Waals surface area contributed by atoms with Crippen LogP contribution in [0.1, 0.15) is 87.4 Å². The first-order valence-electron chi connectivity index (χ1n) is 20.1. The second-order valence-electron chi connectivity index (χ2n) is 18.2. The van der Waals surface area contributed by atoms with Crippen molar-refractivity contribution < 1.29 is 4.42 Å². The molecule has 276 valence electrons. The maximum atomic E-state index is 6.65. The van der Waals surface area contributed by atoms with Crippen molar-refractivity contribution in [3.63, 3.8) is 0 Å². The average Bonchev–Trinajstić information content (AvgIpc) is 3.75. The molecule has 0 amide bonds. The third-order valence-electron chi connectivity index (χ3n) is 13.0. The first-order valence-corrected chi connectivity index (χ1v) is 20.1. The van der Waals surface area contributed by atoms with E-state index in [1.54, 1.807) is 0 Å². The van der Waals surface area contributed by atoms with Crippen LogP contribution in [-0.2, 0) is 16.2 Å². The highest BCUT2D eigenvalue weighted by Crippen LogP contribution is 2.65. The van der Waals surface area contributed by atoms with E-state index in [4.69, 9.17) is 4.42 Å². The molecule has 2 heteroatoms. The molecule has 0 N–H and O–H groups in total.